The quantitative estimate of drug-likeness (QED) is 0.615. The lowest BCUT2D eigenvalue weighted by atomic mass is 10.1. The van der Waals surface area contributed by atoms with Crippen molar-refractivity contribution in [1.82, 2.24) is 10.4 Å². The molecule has 0 aliphatic carbocycles. The van der Waals surface area contributed by atoms with E-state index in [-0.39, 0.29) is 13.0 Å². The minimum Gasteiger partial charge on any atom is -0.477 e. The van der Waals surface area contributed by atoms with Crippen LogP contribution in [0.5, 0.6) is 0 Å². The van der Waals surface area contributed by atoms with Crippen LogP contribution in [0, 0.1) is 0 Å². The Labute approximate surface area is 151 Å². The van der Waals surface area contributed by atoms with Crippen molar-refractivity contribution in [3.8, 4) is 0 Å². The summed E-state index contributed by atoms with van der Waals surface area (Å²) in [5.41, 5.74) is -2.32. The van der Waals surface area contributed by atoms with Gasteiger partial charge in [0.15, 0.2) is 6.10 Å². The molecule has 0 aromatic carbocycles. The van der Waals surface area contributed by atoms with Crippen molar-refractivity contribution < 1.29 is 38.6 Å². The number of cyclic esters (lactones) is 1. The average molecular weight is 384 g/mol. The SMILES string of the molecule is COC1CC(C(=O)O)(N2OC[C@H](NC(=O)Cc3cccs3)C2=O)OC1=O. The fourth-order valence-electron chi connectivity index (χ4n) is 2.76. The number of ether oxygens (including phenoxy) is 2. The van der Waals surface area contributed by atoms with E-state index in [4.69, 9.17) is 14.3 Å². The van der Waals surface area contributed by atoms with E-state index in [1.165, 1.54) is 18.4 Å². The molecule has 0 spiro atoms. The number of nitrogens with zero attached hydrogens (tertiary/aromatic N) is 1. The lowest BCUT2D eigenvalue weighted by molar-refractivity contribution is -0.256. The smallest absolute Gasteiger partial charge is 0.372 e. The summed E-state index contributed by atoms with van der Waals surface area (Å²) in [5.74, 6) is -3.68. The Kier molecular flexibility index (Phi) is 4.94. The number of methoxy groups -OCH3 is 1. The highest BCUT2D eigenvalue weighted by atomic mass is 32.1. The van der Waals surface area contributed by atoms with Gasteiger partial charge in [-0.15, -0.1) is 11.3 Å². The summed E-state index contributed by atoms with van der Waals surface area (Å²) in [6.45, 7) is -0.265. The highest BCUT2D eigenvalue weighted by Gasteiger charge is 2.62. The fourth-order valence-corrected chi connectivity index (χ4v) is 3.46. The molecule has 3 heterocycles. The topological polar surface area (TPSA) is 131 Å². The third kappa shape index (κ3) is 3.16. The number of carbonyl (C=O) groups is 4. The molecule has 2 N–H and O–H groups in total. The minimum atomic E-state index is -2.32. The van der Waals surface area contributed by atoms with Crippen molar-refractivity contribution in [2.75, 3.05) is 13.7 Å². The fraction of sp³-hybridized carbons (Fsp3) is 0.467. The van der Waals surface area contributed by atoms with Crippen LogP contribution in [0.4, 0.5) is 0 Å². The molecular formula is C15H16N2O8S. The third-order valence-electron chi connectivity index (χ3n) is 4.06. The number of carboxylic acid groups (broad SMARTS) is 1. The van der Waals surface area contributed by atoms with Gasteiger partial charge in [0.25, 0.3) is 5.91 Å². The number of hydroxylamine groups is 2. The van der Waals surface area contributed by atoms with Crippen LogP contribution in [0.3, 0.4) is 0 Å². The van der Waals surface area contributed by atoms with Gasteiger partial charge in [0.1, 0.15) is 12.6 Å². The number of aliphatic carboxylic acids is 1. The largest absolute Gasteiger partial charge is 0.477 e. The van der Waals surface area contributed by atoms with E-state index < -0.39 is 48.0 Å². The van der Waals surface area contributed by atoms with Crippen LogP contribution in [-0.4, -0.2) is 65.5 Å². The van der Waals surface area contributed by atoms with Gasteiger partial charge in [0.2, 0.25) is 5.91 Å². The predicted octanol–water partition coefficient (Wildman–Crippen LogP) is -0.708. The molecule has 2 unspecified atom stereocenters. The molecule has 10 nitrogen and oxygen atoms in total. The van der Waals surface area contributed by atoms with Gasteiger partial charge >= 0.3 is 17.7 Å². The maximum absolute atomic E-state index is 12.5. The zero-order valence-corrected chi connectivity index (χ0v) is 14.5. The van der Waals surface area contributed by atoms with Crippen molar-refractivity contribution in [2.45, 2.75) is 30.7 Å². The normalized spacial score (nSPS) is 28.3. The molecule has 2 amide bonds. The van der Waals surface area contributed by atoms with Gasteiger partial charge in [-0.2, -0.15) is 5.06 Å². The lowest BCUT2D eigenvalue weighted by Crippen LogP contribution is -2.57. The average Bonchev–Trinajstić information content (AvgIpc) is 3.29. The molecule has 26 heavy (non-hydrogen) atoms. The first-order valence-electron chi connectivity index (χ1n) is 7.65. The Morgan fingerprint density at radius 3 is 2.85 bits per heavy atom. The van der Waals surface area contributed by atoms with Crippen LogP contribution in [-0.2, 0) is 39.9 Å². The van der Waals surface area contributed by atoms with Gasteiger partial charge in [-0.25, -0.2) is 9.59 Å². The van der Waals surface area contributed by atoms with E-state index in [0.717, 1.165) is 4.88 Å². The standard InChI is InChI=1S/C15H16N2O8S/c1-23-10-6-15(14(21)22,25-13(10)20)17-12(19)9(7-24-17)16-11(18)5-8-3-2-4-26-8/h2-4,9-10H,5-7H2,1H3,(H,16,18)(H,21,22)/t9-,10?,15?/m0/s1. The second-order valence-electron chi connectivity index (χ2n) is 5.74. The first kappa shape index (κ1) is 18.3. The Hall–Kier alpha value is -2.50. The summed E-state index contributed by atoms with van der Waals surface area (Å²) in [6, 6.07) is 2.51. The molecule has 11 heteroatoms. The van der Waals surface area contributed by atoms with E-state index in [1.807, 2.05) is 5.38 Å². The third-order valence-corrected chi connectivity index (χ3v) is 4.94. The number of nitrogens with one attached hydrogen (secondary N) is 1. The minimum absolute atomic E-state index is 0.0895. The molecule has 2 aliphatic rings. The number of hydrogen-bond acceptors (Lipinski definition) is 8. The van der Waals surface area contributed by atoms with E-state index in [1.54, 1.807) is 12.1 Å². The monoisotopic (exact) mass is 384 g/mol. The van der Waals surface area contributed by atoms with Gasteiger partial charge in [0, 0.05) is 12.0 Å². The van der Waals surface area contributed by atoms with Crippen molar-refractivity contribution in [2.24, 2.45) is 0 Å². The Morgan fingerprint density at radius 2 is 2.27 bits per heavy atom. The van der Waals surface area contributed by atoms with Crippen LogP contribution in [0.2, 0.25) is 0 Å². The summed E-state index contributed by atoms with van der Waals surface area (Å²) >= 11 is 1.40. The molecule has 3 rings (SSSR count). The van der Waals surface area contributed by atoms with Crippen molar-refractivity contribution >= 4 is 35.1 Å². The van der Waals surface area contributed by atoms with E-state index in [0.29, 0.717) is 5.06 Å². The summed E-state index contributed by atoms with van der Waals surface area (Å²) in [7, 11) is 1.23. The highest BCUT2D eigenvalue weighted by Crippen LogP contribution is 2.35. The second kappa shape index (κ2) is 7.02. The summed E-state index contributed by atoms with van der Waals surface area (Å²) < 4.78 is 9.79. The number of hydrogen-bond donors (Lipinski definition) is 2. The molecule has 3 atom stereocenters. The summed E-state index contributed by atoms with van der Waals surface area (Å²) in [6.07, 6.45) is -1.46. The molecular weight excluding hydrogens is 368 g/mol. The first-order valence-corrected chi connectivity index (χ1v) is 8.53. The zero-order chi connectivity index (χ0) is 18.9. The number of rotatable bonds is 6. The van der Waals surface area contributed by atoms with Crippen LogP contribution < -0.4 is 5.32 Å². The maximum atomic E-state index is 12.5. The second-order valence-corrected chi connectivity index (χ2v) is 6.78. The van der Waals surface area contributed by atoms with Crippen LogP contribution in [0.25, 0.3) is 0 Å². The van der Waals surface area contributed by atoms with Crippen molar-refractivity contribution in [3.05, 3.63) is 22.4 Å². The zero-order valence-electron chi connectivity index (χ0n) is 13.7. The Balaban J connectivity index is 1.70. The number of thiophene rings is 1. The first-order chi connectivity index (χ1) is 12.4. The number of esters is 1. The highest BCUT2D eigenvalue weighted by molar-refractivity contribution is 7.10. The molecule has 2 saturated heterocycles. The van der Waals surface area contributed by atoms with E-state index in [2.05, 4.69) is 5.32 Å². The molecule has 2 aliphatic heterocycles. The summed E-state index contributed by atoms with van der Waals surface area (Å²) in [4.78, 5) is 54.0. The van der Waals surface area contributed by atoms with Crippen molar-refractivity contribution in [3.63, 3.8) is 0 Å². The Morgan fingerprint density at radius 1 is 1.50 bits per heavy atom. The molecule has 140 valence electrons. The molecule has 0 radical (unpaired) electrons. The molecule has 1 aromatic rings. The van der Waals surface area contributed by atoms with Gasteiger partial charge in [-0.3, -0.25) is 14.4 Å². The summed E-state index contributed by atoms with van der Waals surface area (Å²) in [5, 5.41) is 14.3. The molecule has 0 saturated carbocycles. The van der Waals surface area contributed by atoms with E-state index >= 15 is 0 Å². The molecule has 2 fully saturated rings. The lowest BCUT2D eigenvalue weighted by Gasteiger charge is -2.30. The van der Waals surface area contributed by atoms with Gasteiger partial charge in [0.05, 0.1) is 12.8 Å². The van der Waals surface area contributed by atoms with Gasteiger partial charge in [-0.05, 0) is 11.4 Å². The maximum Gasteiger partial charge on any atom is 0.372 e. The number of carbonyl (C=O) groups excluding carboxylic acids is 3. The number of carboxylic acids is 1. The molecule has 1 aromatic heterocycles. The molecule has 0 bridgehead atoms. The predicted molar refractivity (Wildman–Crippen MR) is 84.6 cm³/mol. The van der Waals surface area contributed by atoms with Crippen LogP contribution in [0.1, 0.15) is 11.3 Å². The Bertz CT molecular complexity index is 736. The van der Waals surface area contributed by atoms with Gasteiger partial charge < -0.3 is 19.9 Å². The van der Waals surface area contributed by atoms with Gasteiger partial charge in [-0.1, -0.05) is 6.07 Å². The van der Waals surface area contributed by atoms with Crippen LogP contribution >= 0.6 is 11.3 Å². The van der Waals surface area contributed by atoms with Crippen molar-refractivity contribution in [1.29, 1.82) is 0 Å². The van der Waals surface area contributed by atoms with Crippen LogP contribution in [0.15, 0.2) is 17.5 Å². The number of amides is 2. The van der Waals surface area contributed by atoms with E-state index in [9.17, 15) is 24.3 Å².